The van der Waals surface area contributed by atoms with Gasteiger partial charge in [0.25, 0.3) is 5.89 Å². The summed E-state index contributed by atoms with van der Waals surface area (Å²) in [7, 11) is 0. The summed E-state index contributed by atoms with van der Waals surface area (Å²) in [6, 6.07) is 10.0. The third-order valence-electron chi connectivity index (χ3n) is 4.01. The van der Waals surface area contributed by atoms with E-state index in [1.807, 2.05) is 37.3 Å². The topological polar surface area (TPSA) is 76.8 Å². The molecule has 0 radical (unpaired) electrons. The highest BCUT2D eigenvalue weighted by atomic mass is 16.5. The first-order valence-electron chi connectivity index (χ1n) is 7.35. The van der Waals surface area contributed by atoms with Crippen LogP contribution in [0.1, 0.15) is 23.7 Å². The van der Waals surface area contributed by atoms with Gasteiger partial charge in [-0.05, 0) is 13.3 Å². The number of hydrogen-bond acceptors (Lipinski definition) is 5. The van der Waals surface area contributed by atoms with Crippen LogP contribution in [0.4, 0.5) is 0 Å². The van der Waals surface area contributed by atoms with Crippen molar-refractivity contribution < 1.29 is 9.26 Å². The van der Waals surface area contributed by atoms with Gasteiger partial charge in [-0.1, -0.05) is 35.5 Å². The third kappa shape index (κ3) is 2.21. The van der Waals surface area contributed by atoms with E-state index in [1.54, 1.807) is 0 Å². The molecule has 1 saturated heterocycles. The van der Waals surface area contributed by atoms with E-state index in [0.29, 0.717) is 18.3 Å². The summed E-state index contributed by atoms with van der Waals surface area (Å²) in [4.78, 5) is 4.50. The van der Waals surface area contributed by atoms with Crippen molar-refractivity contribution in [1.82, 2.24) is 20.3 Å². The van der Waals surface area contributed by atoms with Crippen LogP contribution in [0, 0.1) is 6.92 Å². The Morgan fingerprint density at radius 3 is 2.86 bits per heavy atom. The first-order chi connectivity index (χ1) is 10.8. The van der Waals surface area contributed by atoms with Gasteiger partial charge in [-0.2, -0.15) is 10.1 Å². The standard InChI is InChI=1S/C16H16N4O2/c1-10-13(11-5-3-2-4-6-11)18-19-14(10)16-17-15(20-22-16)12-7-8-21-9-12/h2-6,12H,7-9H2,1H3,(H,18,19)/t12-/m0/s1. The smallest absolute Gasteiger partial charge is 0.276 e. The number of rotatable bonds is 3. The van der Waals surface area contributed by atoms with Gasteiger partial charge in [0.1, 0.15) is 5.69 Å². The molecule has 0 amide bonds. The van der Waals surface area contributed by atoms with Gasteiger partial charge >= 0.3 is 0 Å². The molecule has 1 atom stereocenters. The van der Waals surface area contributed by atoms with Gasteiger partial charge < -0.3 is 9.26 Å². The number of aromatic amines is 1. The van der Waals surface area contributed by atoms with Crippen LogP contribution >= 0.6 is 0 Å². The minimum Gasteiger partial charge on any atom is -0.381 e. The van der Waals surface area contributed by atoms with Crippen LogP contribution in [0.3, 0.4) is 0 Å². The number of nitrogens with one attached hydrogen (secondary N) is 1. The van der Waals surface area contributed by atoms with E-state index in [-0.39, 0.29) is 5.92 Å². The quantitative estimate of drug-likeness (QED) is 0.804. The minimum atomic E-state index is 0.231. The molecule has 2 aromatic heterocycles. The Hall–Kier alpha value is -2.47. The van der Waals surface area contributed by atoms with E-state index >= 15 is 0 Å². The molecule has 112 valence electrons. The fourth-order valence-corrected chi connectivity index (χ4v) is 2.72. The lowest BCUT2D eigenvalue weighted by molar-refractivity contribution is 0.192. The number of aromatic nitrogens is 4. The molecule has 1 aliphatic heterocycles. The Morgan fingerprint density at radius 1 is 1.23 bits per heavy atom. The normalized spacial score (nSPS) is 18.0. The molecule has 0 bridgehead atoms. The molecule has 0 unspecified atom stereocenters. The van der Waals surface area contributed by atoms with Crippen LogP contribution in [0.25, 0.3) is 22.8 Å². The van der Waals surface area contributed by atoms with Crippen molar-refractivity contribution in [2.45, 2.75) is 19.3 Å². The zero-order valence-corrected chi connectivity index (χ0v) is 12.2. The Labute approximate surface area is 127 Å². The second-order valence-corrected chi connectivity index (χ2v) is 5.46. The van der Waals surface area contributed by atoms with Gasteiger partial charge in [-0.25, -0.2) is 0 Å². The van der Waals surface area contributed by atoms with Gasteiger partial charge in [0, 0.05) is 23.7 Å². The second kappa shape index (κ2) is 5.38. The van der Waals surface area contributed by atoms with E-state index in [1.165, 1.54) is 0 Å². The molecule has 22 heavy (non-hydrogen) atoms. The maximum atomic E-state index is 5.41. The summed E-state index contributed by atoms with van der Waals surface area (Å²) in [5.74, 6) is 1.42. The fraction of sp³-hybridized carbons (Fsp3) is 0.312. The molecular formula is C16H16N4O2. The number of hydrogen-bond donors (Lipinski definition) is 1. The van der Waals surface area contributed by atoms with Crippen molar-refractivity contribution in [3.8, 4) is 22.8 Å². The van der Waals surface area contributed by atoms with Crippen LogP contribution in [0.5, 0.6) is 0 Å². The van der Waals surface area contributed by atoms with E-state index in [0.717, 1.165) is 35.5 Å². The molecule has 0 aliphatic carbocycles. The number of nitrogens with zero attached hydrogens (tertiary/aromatic N) is 3. The summed E-state index contributed by atoms with van der Waals surface area (Å²) in [6.45, 7) is 3.43. The third-order valence-corrected chi connectivity index (χ3v) is 4.01. The average Bonchev–Trinajstić information content (AvgIpc) is 3.28. The van der Waals surface area contributed by atoms with E-state index in [9.17, 15) is 0 Å². The number of H-pyrrole nitrogens is 1. The second-order valence-electron chi connectivity index (χ2n) is 5.46. The van der Waals surface area contributed by atoms with Crippen molar-refractivity contribution in [2.75, 3.05) is 13.2 Å². The van der Waals surface area contributed by atoms with Crippen LogP contribution in [0.2, 0.25) is 0 Å². The molecule has 6 nitrogen and oxygen atoms in total. The Kier molecular flexibility index (Phi) is 3.23. The van der Waals surface area contributed by atoms with Crippen LogP contribution in [-0.2, 0) is 4.74 Å². The summed E-state index contributed by atoms with van der Waals surface area (Å²) < 4.78 is 10.8. The summed E-state index contributed by atoms with van der Waals surface area (Å²) in [5.41, 5.74) is 3.74. The molecule has 4 rings (SSSR count). The zero-order chi connectivity index (χ0) is 14.9. The lowest BCUT2D eigenvalue weighted by atomic mass is 10.1. The van der Waals surface area contributed by atoms with Crippen molar-refractivity contribution in [1.29, 1.82) is 0 Å². The average molecular weight is 296 g/mol. The molecular weight excluding hydrogens is 280 g/mol. The lowest BCUT2D eigenvalue weighted by Gasteiger charge is -1.98. The highest BCUT2D eigenvalue weighted by Gasteiger charge is 2.25. The largest absolute Gasteiger partial charge is 0.381 e. The van der Waals surface area contributed by atoms with E-state index in [4.69, 9.17) is 9.26 Å². The maximum absolute atomic E-state index is 5.41. The Bertz CT molecular complexity index is 773. The Balaban J connectivity index is 1.67. The zero-order valence-electron chi connectivity index (χ0n) is 12.2. The molecule has 1 N–H and O–H groups in total. The van der Waals surface area contributed by atoms with Crippen molar-refractivity contribution in [2.24, 2.45) is 0 Å². The van der Waals surface area contributed by atoms with Crippen LogP contribution in [-0.4, -0.2) is 33.6 Å². The highest BCUT2D eigenvalue weighted by Crippen LogP contribution is 2.30. The van der Waals surface area contributed by atoms with Crippen molar-refractivity contribution in [3.63, 3.8) is 0 Å². The molecule has 0 saturated carbocycles. The van der Waals surface area contributed by atoms with Gasteiger partial charge in [-0.3, -0.25) is 5.10 Å². The lowest BCUT2D eigenvalue weighted by Crippen LogP contribution is -1.99. The molecule has 1 fully saturated rings. The van der Waals surface area contributed by atoms with Crippen molar-refractivity contribution in [3.05, 3.63) is 41.7 Å². The van der Waals surface area contributed by atoms with Gasteiger partial charge in [-0.15, -0.1) is 0 Å². The number of ether oxygens (including phenoxy) is 1. The Morgan fingerprint density at radius 2 is 2.09 bits per heavy atom. The van der Waals surface area contributed by atoms with Crippen molar-refractivity contribution >= 4 is 0 Å². The highest BCUT2D eigenvalue weighted by molar-refractivity contribution is 5.70. The summed E-state index contributed by atoms with van der Waals surface area (Å²) >= 11 is 0. The van der Waals surface area contributed by atoms with Gasteiger partial charge in [0.15, 0.2) is 5.82 Å². The first-order valence-corrected chi connectivity index (χ1v) is 7.35. The molecule has 1 aromatic carbocycles. The molecule has 1 aliphatic rings. The first kappa shape index (κ1) is 13.2. The SMILES string of the molecule is Cc1c(-c2ccccc2)n[nH]c1-c1nc([C@H]2CCOC2)no1. The van der Waals surface area contributed by atoms with Crippen LogP contribution < -0.4 is 0 Å². The molecule has 3 aromatic rings. The summed E-state index contributed by atoms with van der Waals surface area (Å²) in [6.07, 6.45) is 0.941. The number of benzene rings is 1. The predicted molar refractivity (Wildman–Crippen MR) is 80.2 cm³/mol. The minimum absolute atomic E-state index is 0.231. The van der Waals surface area contributed by atoms with Crippen LogP contribution in [0.15, 0.2) is 34.9 Å². The van der Waals surface area contributed by atoms with Gasteiger partial charge in [0.05, 0.1) is 12.3 Å². The molecule has 0 spiro atoms. The van der Waals surface area contributed by atoms with E-state index < -0.39 is 0 Å². The van der Waals surface area contributed by atoms with Gasteiger partial charge in [0.2, 0.25) is 0 Å². The fourth-order valence-electron chi connectivity index (χ4n) is 2.72. The molecule has 6 heteroatoms. The predicted octanol–water partition coefficient (Wildman–Crippen LogP) is 2.94. The monoisotopic (exact) mass is 296 g/mol. The maximum Gasteiger partial charge on any atom is 0.276 e. The van der Waals surface area contributed by atoms with E-state index in [2.05, 4.69) is 20.3 Å². The molecule has 3 heterocycles. The summed E-state index contributed by atoms with van der Waals surface area (Å²) in [5, 5.41) is 11.5.